The van der Waals surface area contributed by atoms with E-state index in [0.717, 1.165) is 25.7 Å². The van der Waals surface area contributed by atoms with Crippen LogP contribution in [0.5, 0.6) is 0 Å². The van der Waals surface area contributed by atoms with Crippen LogP contribution in [0.1, 0.15) is 121 Å². The zero-order valence-corrected chi connectivity index (χ0v) is 24.7. The molecule has 0 saturated heterocycles. The average Bonchev–Trinajstić information content (AvgIpc) is 2.61. The molecule has 1 unspecified atom stereocenters. The van der Waals surface area contributed by atoms with Crippen molar-refractivity contribution < 1.29 is 41.5 Å². The first-order valence-corrected chi connectivity index (χ1v) is 12.5. The first-order chi connectivity index (χ1) is 14.7. The van der Waals surface area contributed by atoms with Crippen LogP contribution in [0.2, 0.25) is 0 Å². The van der Waals surface area contributed by atoms with E-state index in [1.54, 1.807) is 27.7 Å². The van der Waals surface area contributed by atoms with Crippen molar-refractivity contribution in [2.24, 2.45) is 17.3 Å². The smallest absolute Gasteiger partial charge is 0.852 e. The van der Waals surface area contributed by atoms with Gasteiger partial charge in [-0.2, -0.15) is 0 Å². The van der Waals surface area contributed by atoms with E-state index in [9.17, 15) is 19.8 Å². The summed E-state index contributed by atoms with van der Waals surface area (Å²) in [6, 6.07) is 0.405. The van der Waals surface area contributed by atoms with Gasteiger partial charge in [0.25, 0.3) is 0 Å². The van der Waals surface area contributed by atoms with Crippen LogP contribution in [0, 0.1) is 17.3 Å². The number of amides is 2. The molecule has 0 aromatic rings. The van der Waals surface area contributed by atoms with Crippen molar-refractivity contribution in [1.29, 1.82) is 0 Å². The SMILES string of the molecule is CC(C)[O-].CC(C)[O-].CCCC(=O)NC1CCCC(C(C)C)(C(C)C)C1.CCCC([NH-])=O.[Ti+3]. The molecule has 0 aromatic heterocycles. The Bertz CT molecular complexity index is 450. The van der Waals surface area contributed by atoms with Gasteiger partial charge in [-0.1, -0.05) is 82.1 Å². The van der Waals surface area contributed by atoms with E-state index in [1.165, 1.54) is 12.8 Å². The molecule has 2 amide bonds. The Morgan fingerprint density at radius 3 is 1.58 bits per heavy atom. The van der Waals surface area contributed by atoms with Crippen LogP contribution in [0.4, 0.5) is 0 Å². The fourth-order valence-corrected chi connectivity index (χ4v) is 3.93. The zero-order chi connectivity index (χ0) is 25.9. The number of carbonyl (C=O) groups is 2. The summed E-state index contributed by atoms with van der Waals surface area (Å²) in [6.45, 7) is 19.8. The molecule has 1 aliphatic rings. The van der Waals surface area contributed by atoms with Gasteiger partial charge in [0.1, 0.15) is 0 Å². The summed E-state index contributed by atoms with van der Waals surface area (Å²) in [5, 5.41) is 22.3. The van der Waals surface area contributed by atoms with E-state index in [1.807, 2.05) is 6.92 Å². The third-order valence-electron chi connectivity index (χ3n) is 5.44. The summed E-state index contributed by atoms with van der Waals surface area (Å²) < 4.78 is 0. The number of rotatable bonds is 7. The molecular formula is C26H53N2O4Ti. The predicted octanol–water partition coefficient (Wildman–Crippen LogP) is 5.02. The van der Waals surface area contributed by atoms with Crippen molar-refractivity contribution in [2.75, 3.05) is 0 Å². The predicted molar refractivity (Wildman–Crippen MR) is 132 cm³/mol. The van der Waals surface area contributed by atoms with Crippen LogP contribution in [-0.2, 0) is 31.3 Å². The minimum Gasteiger partial charge on any atom is -0.852 e. The largest absolute Gasteiger partial charge is 3.00 e. The maximum Gasteiger partial charge on any atom is 3.00 e. The Morgan fingerprint density at radius 2 is 1.30 bits per heavy atom. The van der Waals surface area contributed by atoms with Crippen LogP contribution in [0.3, 0.4) is 0 Å². The van der Waals surface area contributed by atoms with Gasteiger partial charge in [-0.15, -0.1) is 12.2 Å². The van der Waals surface area contributed by atoms with Gasteiger partial charge in [-0.3, -0.25) is 4.79 Å². The molecule has 1 rings (SSSR count). The molecule has 7 heteroatoms. The van der Waals surface area contributed by atoms with Gasteiger partial charge in [0.15, 0.2) is 0 Å². The third kappa shape index (κ3) is 24.5. The molecule has 33 heavy (non-hydrogen) atoms. The molecular weight excluding hydrogens is 452 g/mol. The maximum atomic E-state index is 11.8. The average molecular weight is 506 g/mol. The number of nitrogens with one attached hydrogen (secondary N) is 2. The Kier molecular flexibility index (Phi) is 28.1. The van der Waals surface area contributed by atoms with Crippen molar-refractivity contribution in [1.82, 2.24) is 5.32 Å². The second kappa shape index (κ2) is 23.3. The van der Waals surface area contributed by atoms with Crippen LogP contribution in [-0.4, -0.2) is 30.1 Å². The van der Waals surface area contributed by atoms with E-state index >= 15 is 0 Å². The first kappa shape index (κ1) is 39.8. The Hall–Kier alpha value is -0.426. The zero-order valence-electron chi connectivity index (χ0n) is 23.2. The summed E-state index contributed by atoms with van der Waals surface area (Å²) in [4.78, 5) is 21.5. The van der Waals surface area contributed by atoms with E-state index in [2.05, 4.69) is 39.9 Å². The first-order valence-electron chi connectivity index (χ1n) is 12.5. The summed E-state index contributed by atoms with van der Waals surface area (Å²) in [5.41, 5.74) is 6.76. The van der Waals surface area contributed by atoms with Gasteiger partial charge >= 0.3 is 21.7 Å². The monoisotopic (exact) mass is 505 g/mol. The molecule has 1 radical (unpaired) electrons. The van der Waals surface area contributed by atoms with Crippen molar-refractivity contribution >= 4 is 11.8 Å². The van der Waals surface area contributed by atoms with E-state index in [4.69, 9.17) is 5.73 Å². The number of carbonyl (C=O) groups excluding carboxylic acids is 2. The van der Waals surface area contributed by atoms with Gasteiger partial charge in [0, 0.05) is 18.4 Å². The van der Waals surface area contributed by atoms with Gasteiger partial charge in [-0.25, -0.2) is 0 Å². The van der Waals surface area contributed by atoms with Crippen molar-refractivity contribution in [2.45, 2.75) is 139 Å². The molecule has 1 atom stereocenters. The Labute approximate surface area is 220 Å². The van der Waals surface area contributed by atoms with Crippen LogP contribution < -0.4 is 15.5 Å². The molecule has 0 heterocycles. The quantitative estimate of drug-likeness (QED) is 0.489. The maximum absolute atomic E-state index is 11.8. The Morgan fingerprint density at radius 1 is 0.909 bits per heavy atom. The topological polar surface area (TPSA) is 116 Å². The minimum absolute atomic E-state index is 0. The minimum atomic E-state index is -0.461. The molecule has 1 fully saturated rings. The van der Waals surface area contributed by atoms with Gasteiger partial charge < -0.3 is 26.1 Å². The van der Waals surface area contributed by atoms with Gasteiger partial charge in [0.05, 0.1) is 0 Å². The number of hydrogen-bond acceptors (Lipinski definition) is 4. The van der Waals surface area contributed by atoms with Crippen molar-refractivity contribution in [3.05, 3.63) is 5.73 Å². The van der Waals surface area contributed by atoms with Crippen molar-refractivity contribution in [3.63, 3.8) is 0 Å². The molecule has 0 aromatic carbocycles. The fourth-order valence-electron chi connectivity index (χ4n) is 3.93. The van der Waals surface area contributed by atoms with Crippen LogP contribution >= 0.6 is 0 Å². The normalized spacial score (nSPS) is 16.4. The molecule has 2 N–H and O–H groups in total. The van der Waals surface area contributed by atoms with Crippen LogP contribution in [0.25, 0.3) is 5.73 Å². The summed E-state index contributed by atoms with van der Waals surface area (Å²) in [7, 11) is 0. The molecule has 195 valence electrons. The van der Waals surface area contributed by atoms with Gasteiger partial charge in [0.2, 0.25) is 5.91 Å². The second-order valence-electron chi connectivity index (χ2n) is 9.92. The van der Waals surface area contributed by atoms with E-state index in [-0.39, 0.29) is 27.6 Å². The second-order valence-corrected chi connectivity index (χ2v) is 9.92. The molecule has 1 aliphatic carbocycles. The van der Waals surface area contributed by atoms with Gasteiger partial charge in [-0.05, 0) is 49.4 Å². The number of hydrogen-bond donors (Lipinski definition) is 1. The van der Waals surface area contributed by atoms with Crippen molar-refractivity contribution in [3.8, 4) is 0 Å². The fraction of sp³-hybridized carbons (Fsp3) is 0.923. The molecule has 0 bridgehead atoms. The van der Waals surface area contributed by atoms with E-state index < -0.39 is 18.1 Å². The van der Waals surface area contributed by atoms with E-state index in [0.29, 0.717) is 36.1 Å². The molecule has 6 nitrogen and oxygen atoms in total. The Balaban J connectivity index is -0.000000231. The summed E-state index contributed by atoms with van der Waals surface area (Å²) in [5.74, 6) is 1.18. The standard InChI is InChI=1S/C16H31NO.C4H9NO.2C3H7O.Ti/c1-6-8-15(18)17-14-9-7-10-16(11-14,12(2)3)13(4)5;1-2-3-4(5)6;2*1-3(2)4;/h12-14H,6-11H2,1-5H3,(H,17,18);2-3H2,1H3,(H2,5,6);2*3H,1-2H3;/q;;2*-1;+3/p-1. The molecule has 0 spiro atoms. The third-order valence-corrected chi connectivity index (χ3v) is 5.44. The molecule has 1 saturated carbocycles. The summed E-state index contributed by atoms with van der Waals surface area (Å²) >= 11 is 0. The van der Waals surface area contributed by atoms with Crippen LogP contribution in [0.15, 0.2) is 0 Å². The molecule has 0 aliphatic heterocycles. The summed E-state index contributed by atoms with van der Waals surface area (Å²) in [6.07, 6.45) is 6.89.